The zero-order valence-electron chi connectivity index (χ0n) is 14.8. The third-order valence-corrected chi connectivity index (χ3v) is 4.04. The lowest BCUT2D eigenvalue weighted by Gasteiger charge is -2.13. The Bertz CT molecular complexity index is 877. The smallest absolute Gasteiger partial charge is 0.331 e. The van der Waals surface area contributed by atoms with Gasteiger partial charge in [-0.1, -0.05) is 11.6 Å². The number of nitrogens with one attached hydrogen (secondary N) is 1. The Kier molecular flexibility index (Phi) is 6.15. The van der Waals surface area contributed by atoms with E-state index in [0.29, 0.717) is 0 Å². The number of hydrogen-bond donors (Lipinski definition) is 1. The molecule has 0 unspecified atom stereocenters. The largest absolute Gasteiger partial charge is 0.449 e. The monoisotopic (exact) mass is 379 g/mol. The van der Waals surface area contributed by atoms with Crippen molar-refractivity contribution < 1.29 is 18.7 Å². The molecule has 0 aliphatic heterocycles. The highest BCUT2D eigenvalue weighted by molar-refractivity contribution is 6.30. The molecule has 0 aliphatic carbocycles. The van der Waals surface area contributed by atoms with Gasteiger partial charge in [0.05, 0.1) is 11.4 Å². The number of amides is 1. The Morgan fingerprint density at radius 2 is 2.08 bits per heavy atom. The summed E-state index contributed by atoms with van der Waals surface area (Å²) in [6.45, 7) is 5.10. The highest BCUT2D eigenvalue weighted by atomic mass is 35.5. The molecule has 1 atom stereocenters. The van der Waals surface area contributed by atoms with Gasteiger partial charge in [0, 0.05) is 29.4 Å². The van der Waals surface area contributed by atoms with Gasteiger partial charge >= 0.3 is 5.97 Å². The number of benzene rings is 1. The third kappa shape index (κ3) is 4.70. The van der Waals surface area contributed by atoms with Crippen LogP contribution in [0.25, 0.3) is 6.08 Å². The number of nitrogens with zero attached hydrogens (tertiary/aromatic N) is 2. The Morgan fingerprint density at radius 3 is 2.65 bits per heavy atom. The molecule has 2 rings (SSSR count). The lowest BCUT2D eigenvalue weighted by Crippen LogP contribution is -2.29. The quantitative estimate of drug-likeness (QED) is 0.638. The zero-order valence-corrected chi connectivity index (χ0v) is 15.6. The minimum atomic E-state index is -1.10. The van der Waals surface area contributed by atoms with Crippen molar-refractivity contribution >= 4 is 35.2 Å². The van der Waals surface area contributed by atoms with Gasteiger partial charge in [-0.05, 0) is 45.0 Å². The lowest BCUT2D eigenvalue weighted by atomic mass is 10.2. The lowest BCUT2D eigenvalue weighted by molar-refractivity contribution is -0.148. The van der Waals surface area contributed by atoms with Crippen molar-refractivity contribution in [1.29, 1.82) is 0 Å². The molecule has 2 aromatic rings. The average molecular weight is 380 g/mol. The molecule has 1 heterocycles. The van der Waals surface area contributed by atoms with E-state index < -0.39 is 23.8 Å². The van der Waals surface area contributed by atoms with Crippen molar-refractivity contribution in [2.75, 3.05) is 5.32 Å². The number of rotatable bonds is 5. The summed E-state index contributed by atoms with van der Waals surface area (Å²) in [5.41, 5.74) is 2.44. The van der Waals surface area contributed by atoms with E-state index in [4.69, 9.17) is 16.3 Å². The summed E-state index contributed by atoms with van der Waals surface area (Å²) in [7, 11) is 1.81. The molecule has 1 amide bonds. The number of ether oxygens (including phenoxy) is 1. The molecule has 0 spiro atoms. The van der Waals surface area contributed by atoms with Gasteiger partial charge < -0.3 is 10.1 Å². The molecule has 0 radical (unpaired) electrons. The highest BCUT2D eigenvalue weighted by Gasteiger charge is 2.18. The van der Waals surface area contributed by atoms with Crippen molar-refractivity contribution in [3.05, 3.63) is 52.1 Å². The molecular formula is C18H19ClFN3O3. The summed E-state index contributed by atoms with van der Waals surface area (Å²) in [4.78, 5) is 24.0. The van der Waals surface area contributed by atoms with Gasteiger partial charge in [-0.3, -0.25) is 9.48 Å². The van der Waals surface area contributed by atoms with Crippen LogP contribution in [0.1, 0.15) is 23.9 Å². The second kappa shape index (κ2) is 8.14. The Labute approximate surface area is 155 Å². The summed E-state index contributed by atoms with van der Waals surface area (Å²) in [5, 5.41) is 6.81. The van der Waals surface area contributed by atoms with Gasteiger partial charge in [-0.15, -0.1) is 0 Å². The first-order valence-electron chi connectivity index (χ1n) is 7.84. The Balaban J connectivity index is 1.97. The number of carbonyl (C=O) groups is 2. The first-order valence-corrected chi connectivity index (χ1v) is 8.21. The third-order valence-electron chi connectivity index (χ3n) is 3.80. The van der Waals surface area contributed by atoms with Crippen LogP contribution >= 0.6 is 11.6 Å². The second-order valence-corrected chi connectivity index (χ2v) is 6.17. The average Bonchev–Trinajstić information content (AvgIpc) is 2.80. The first-order chi connectivity index (χ1) is 12.2. The molecule has 1 aromatic heterocycles. The Morgan fingerprint density at radius 1 is 1.38 bits per heavy atom. The van der Waals surface area contributed by atoms with Crippen molar-refractivity contribution in [2.24, 2.45) is 7.05 Å². The predicted molar refractivity (Wildman–Crippen MR) is 97.3 cm³/mol. The molecule has 0 saturated heterocycles. The summed E-state index contributed by atoms with van der Waals surface area (Å²) in [6.07, 6.45) is 1.71. The van der Waals surface area contributed by atoms with E-state index in [2.05, 4.69) is 10.4 Å². The van der Waals surface area contributed by atoms with Crippen molar-refractivity contribution in [3.63, 3.8) is 0 Å². The van der Waals surface area contributed by atoms with Gasteiger partial charge in [0.15, 0.2) is 6.10 Å². The van der Waals surface area contributed by atoms with Crippen LogP contribution in [0.15, 0.2) is 24.3 Å². The normalized spacial score (nSPS) is 12.2. The number of carbonyl (C=O) groups excluding carboxylic acids is 2. The fraction of sp³-hybridized carbons (Fsp3) is 0.278. The molecule has 0 saturated carbocycles. The topological polar surface area (TPSA) is 73.2 Å². The van der Waals surface area contributed by atoms with E-state index in [-0.39, 0.29) is 10.7 Å². The van der Waals surface area contributed by atoms with E-state index in [1.807, 2.05) is 13.8 Å². The molecule has 1 N–H and O–H groups in total. The number of hydrogen-bond acceptors (Lipinski definition) is 4. The van der Waals surface area contributed by atoms with Crippen LogP contribution in [0, 0.1) is 19.7 Å². The minimum Gasteiger partial charge on any atom is -0.449 e. The second-order valence-electron chi connectivity index (χ2n) is 5.73. The predicted octanol–water partition coefficient (Wildman–Crippen LogP) is 3.41. The molecule has 0 fully saturated rings. The van der Waals surface area contributed by atoms with Gasteiger partial charge in [0.25, 0.3) is 5.91 Å². The van der Waals surface area contributed by atoms with Crippen LogP contribution in [-0.4, -0.2) is 27.8 Å². The van der Waals surface area contributed by atoms with Crippen LogP contribution in [0.5, 0.6) is 0 Å². The minimum absolute atomic E-state index is 0.0422. The molecule has 0 aliphatic rings. The molecular weight excluding hydrogens is 361 g/mol. The fourth-order valence-corrected chi connectivity index (χ4v) is 2.43. The zero-order chi connectivity index (χ0) is 19.4. The van der Waals surface area contributed by atoms with Crippen molar-refractivity contribution in [3.8, 4) is 0 Å². The summed E-state index contributed by atoms with van der Waals surface area (Å²) < 4.78 is 20.4. The SMILES string of the molecule is Cc1nn(C)c(C)c1/C=C/C(=O)O[C@@H](C)C(=O)Nc1ccc(Cl)cc1F. The number of esters is 1. The molecule has 0 bridgehead atoms. The number of aromatic nitrogens is 2. The van der Waals surface area contributed by atoms with Crippen LogP contribution in [0.4, 0.5) is 10.1 Å². The van der Waals surface area contributed by atoms with E-state index in [0.717, 1.165) is 23.0 Å². The maximum Gasteiger partial charge on any atom is 0.331 e. The van der Waals surface area contributed by atoms with Gasteiger partial charge in [0.2, 0.25) is 0 Å². The maximum atomic E-state index is 13.7. The molecule has 26 heavy (non-hydrogen) atoms. The van der Waals surface area contributed by atoms with E-state index >= 15 is 0 Å². The summed E-state index contributed by atoms with van der Waals surface area (Å²) in [6, 6.07) is 3.85. The van der Waals surface area contributed by atoms with Gasteiger partial charge in [-0.2, -0.15) is 5.10 Å². The standard InChI is InChI=1S/C18H19ClFN3O3/c1-10-14(11(2)23(4)22-10)6-8-17(24)26-12(3)18(25)21-16-7-5-13(19)9-15(16)20/h5-9,12H,1-4H3,(H,21,25)/b8-6+/t12-/m0/s1. The molecule has 6 nitrogen and oxygen atoms in total. The van der Waals surface area contributed by atoms with Crippen LogP contribution in [-0.2, 0) is 21.4 Å². The van der Waals surface area contributed by atoms with Gasteiger partial charge in [0.1, 0.15) is 5.82 Å². The van der Waals surface area contributed by atoms with Crippen LogP contribution in [0.3, 0.4) is 0 Å². The summed E-state index contributed by atoms with van der Waals surface area (Å²) in [5.74, 6) is -2.01. The summed E-state index contributed by atoms with van der Waals surface area (Å²) >= 11 is 5.66. The fourth-order valence-electron chi connectivity index (χ4n) is 2.27. The van der Waals surface area contributed by atoms with Crippen molar-refractivity contribution in [1.82, 2.24) is 9.78 Å². The van der Waals surface area contributed by atoms with E-state index in [1.54, 1.807) is 17.8 Å². The highest BCUT2D eigenvalue weighted by Crippen LogP contribution is 2.19. The molecule has 1 aromatic carbocycles. The molecule has 138 valence electrons. The van der Waals surface area contributed by atoms with Crippen molar-refractivity contribution in [2.45, 2.75) is 26.9 Å². The van der Waals surface area contributed by atoms with E-state index in [9.17, 15) is 14.0 Å². The number of aryl methyl sites for hydroxylation is 2. The maximum absolute atomic E-state index is 13.7. The first kappa shape index (κ1) is 19.7. The van der Waals surface area contributed by atoms with Gasteiger partial charge in [-0.25, -0.2) is 9.18 Å². The number of halogens is 2. The molecule has 8 heteroatoms. The van der Waals surface area contributed by atoms with Crippen LogP contribution < -0.4 is 5.32 Å². The number of anilines is 1. The van der Waals surface area contributed by atoms with E-state index in [1.165, 1.54) is 25.1 Å². The Hall–Kier alpha value is -2.67. The van der Waals surface area contributed by atoms with Crippen LogP contribution in [0.2, 0.25) is 5.02 Å².